The Morgan fingerprint density at radius 3 is 2.91 bits per heavy atom. The summed E-state index contributed by atoms with van der Waals surface area (Å²) >= 11 is 0. The summed E-state index contributed by atoms with van der Waals surface area (Å²) in [7, 11) is 3.90. The van der Waals surface area contributed by atoms with Gasteiger partial charge in [0.25, 0.3) is 0 Å². The zero-order valence-corrected chi connectivity index (χ0v) is 13.5. The first-order valence-corrected chi connectivity index (χ1v) is 7.37. The number of hydrogen-bond donors (Lipinski definition) is 1. The number of allylic oxidation sites excluding steroid dienone is 1. The molecule has 6 nitrogen and oxygen atoms in total. The van der Waals surface area contributed by atoms with E-state index in [1.807, 2.05) is 38.9 Å². The average molecular weight is 302 g/mol. The fraction of sp³-hybridized carbons (Fsp3) is 0.438. The van der Waals surface area contributed by atoms with E-state index in [4.69, 9.17) is 4.74 Å². The third kappa shape index (κ3) is 3.71. The molecule has 0 amide bonds. The van der Waals surface area contributed by atoms with Crippen molar-refractivity contribution in [3.05, 3.63) is 30.2 Å². The molecule has 118 valence electrons. The van der Waals surface area contributed by atoms with Crippen molar-refractivity contribution in [1.29, 1.82) is 0 Å². The van der Waals surface area contributed by atoms with E-state index < -0.39 is 0 Å². The number of aromatic nitrogens is 3. The lowest BCUT2D eigenvalue weighted by Gasteiger charge is -2.12. The topological polar surface area (TPSA) is 71.1 Å². The molecule has 0 fully saturated rings. The van der Waals surface area contributed by atoms with Crippen LogP contribution in [0.25, 0.3) is 11.0 Å². The number of nitrogens with zero attached hydrogens (tertiary/aromatic N) is 3. The van der Waals surface area contributed by atoms with E-state index in [1.54, 1.807) is 12.3 Å². The number of hydrogen-bond acceptors (Lipinski definition) is 5. The number of ether oxygens (including phenoxy) is 1. The molecule has 0 saturated carbocycles. The number of ketones is 1. The van der Waals surface area contributed by atoms with Gasteiger partial charge in [-0.2, -0.15) is 0 Å². The summed E-state index contributed by atoms with van der Waals surface area (Å²) in [5.41, 5.74) is 1.14. The summed E-state index contributed by atoms with van der Waals surface area (Å²) in [6, 6.07) is 0. The smallest absolute Gasteiger partial charge is 0.227 e. The van der Waals surface area contributed by atoms with Gasteiger partial charge in [0.1, 0.15) is 12.0 Å². The molecule has 6 heteroatoms. The fourth-order valence-electron chi connectivity index (χ4n) is 1.95. The minimum Gasteiger partial charge on any atom is -0.474 e. The highest BCUT2D eigenvalue weighted by molar-refractivity contribution is 6.13. The van der Waals surface area contributed by atoms with Gasteiger partial charge in [0.15, 0.2) is 5.78 Å². The quantitative estimate of drug-likeness (QED) is 0.628. The normalized spacial score (nSPS) is 13.1. The average Bonchev–Trinajstić information content (AvgIpc) is 2.91. The molecule has 2 rings (SSSR count). The van der Waals surface area contributed by atoms with E-state index in [1.165, 1.54) is 6.33 Å². The lowest BCUT2D eigenvalue weighted by molar-refractivity contribution is 0.104. The van der Waals surface area contributed by atoms with Crippen LogP contribution in [-0.4, -0.2) is 52.4 Å². The largest absolute Gasteiger partial charge is 0.474 e. The highest BCUT2D eigenvalue weighted by atomic mass is 16.5. The van der Waals surface area contributed by atoms with Crippen LogP contribution in [0.2, 0.25) is 0 Å². The second kappa shape index (κ2) is 7.17. The van der Waals surface area contributed by atoms with Crippen LogP contribution in [0.4, 0.5) is 0 Å². The Morgan fingerprint density at radius 1 is 1.45 bits per heavy atom. The summed E-state index contributed by atoms with van der Waals surface area (Å²) in [5, 5.41) is 0.641. The highest BCUT2D eigenvalue weighted by Crippen LogP contribution is 2.26. The molecule has 1 N–H and O–H groups in total. The molecule has 2 heterocycles. The first-order chi connectivity index (χ1) is 10.5. The maximum atomic E-state index is 12.4. The molecule has 1 unspecified atom stereocenters. The number of carbonyl (C=O) groups is 1. The Labute approximate surface area is 130 Å². The molecule has 2 aromatic heterocycles. The number of rotatable bonds is 7. The van der Waals surface area contributed by atoms with Crippen molar-refractivity contribution >= 4 is 16.8 Å². The molecular weight excluding hydrogens is 280 g/mol. The third-order valence-corrected chi connectivity index (χ3v) is 3.33. The molecule has 0 aliphatic rings. The molecule has 0 radical (unpaired) electrons. The molecule has 1 atom stereocenters. The number of fused-ring (bicyclic) bond motifs is 1. The predicted molar refractivity (Wildman–Crippen MR) is 86.3 cm³/mol. The summed E-state index contributed by atoms with van der Waals surface area (Å²) in [6.45, 7) is 4.72. The Bertz CT molecular complexity index is 676. The van der Waals surface area contributed by atoms with Gasteiger partial charge in [-0.1, -0.05) is 13.0 Å². The SMILES string of the molecule is CCC(C)Oc1ncnc2[nH]cc(C(=O)/C=C/CN(C)C)c12. The van der Waals surface area contributed by atoms with Crippen molar-refractivity contribution < 1.29 is 9.53 Å². The Balaban J connectivity index is 2.34. The first-order valence-electron chi connectivity index (χ1n) is 7.37. The molecular formula is C16H22N4O2. The van der Waals surface area contributed by atoms with Crippen molar-refractivity contribution in [2.75, 3.05) is 20.6 Å². The molecule has 0 aliphatic heterocycles. The van der Waals surface area contributed by atoms with E-state index >= 15 is 0 Å². The van der Waals surface area contributed by atoms with Gasteiger partial charge in [-0.15, -0.1) is 0 Å². The second-order valence-corrected chi connectivity index (χ2v) is 5.47. The lowest BCUT2D eigenvalue weighted by Crippen LogP contribution is -2.12. The molecule has 0 saturated heterocycles. The van der Waals surface area contributed by atoms with E-state index in [0.717, 1.165) is 6.42 Å². The van der Waals surface area contributed by atoms with Crippen LogP contribution >= 0.6 is 0 Å². The molecule has 0 bridgehead atoms. The number of likely N-dealkylation sites (N-methyl/N-ethyl adjacent to an activating group) is 1. The Kier molecular flexibility index (Phi) is 5.27. The zero-order valence-electron chi connectivity index (χ0n) is 13.5. The monoisotopic (exact) mass is 302 g/mol. The van der Waals surface area contributed by atoms with Crippen molar-refractivity contribution in [1.82, 2.24) is 19.9 Å². The van der Waals surface area contributed by atoms with Crippen molar-refractivity contribution in [3.8, 4) is 5.88 Å². The van der Waals surface area contributed by atoms with Gasteiger partial charge >= 0.3 is 0 Å². The standard InChI is InChI=1S/C16H22N4O2/c1-5-11(2)22-16-14-12(9-17-15(14)18-10-19-16)13(21)7-6-8-20(3)4/h6-7,9-11H,5,8H2,1-4H3,(H,17,18,19)/b7-6+. The van der Waals surface area contributed by atoms with Crippen LogP contribution in [0.3, 0.4) is 0 Å². The molecule has 0 aliphatic carbocycles. The summed E-state index contributed by atoms with van der Waals surface area (Å²) in [5.74, 6) is 0.363. The maximum Gasteiger partial charge on any atom is 0.227 e. The lowest BCUT2D eigenvalue weighted by atomic mass is 10.1. The van der Waals surface area contributed by atoms with Gasteiger partial charge in [-0.05, 0) is 33.5 Å². The molecule has 22 heavy (non-hydrogen) atoms. The molecule has 2 aromatic rings. The summed E-state index contributed by atoms with van der Waals surface area (Å²) in [6.07, 6.45) is 7.39. The van der Waals surface area contributed by atoms with Crippen LogP contribution in [0.1, 0.15) is 30.6 Å². The van der Waals surface area contributed by atoms with Gasteiger partial charge < -0.3 is 14.6 Å². The first kappa shape index (κ1) is 16.2. The Hall–Kier alpha value is -2.21. The van der Waals surface area contributed by atoms with Crippen LogP contribution in [-0.2, 0) is 0 Å². The van der Waals surface area contributed by atoms with Gasteiger partial charge in [0, 0.05) is 12.7 Å². The van der Waals surface area contributed by atoms with E-state index in [0.29, 0.717) is 29.0 Å². The van der Waals surface area contributed by atoms with Gasteiger partial charge in [0.2, 0.25) is 5.88 Å². The molecule has 0 aromatic carbocycles. The number of carbonyl (C=O) groups excluding carboxylic acids is 1. The highest BCUT2D eigenvalue weighted by Gasteiger charge is 2.17. The number of nitrogens with one attached hydrogen (secondary N) is 1. The van der Waals surface area contributed by atoms with Crippen molar-refractivity contribution in [3.63, 3.8) is 0 Å². The molecule has 0 spiro atoms. The third-order valence-electron chi connectivity index (χ3n) is 3.33. The zero-order chi connectivity index (χ0) is 16.1. The van der Waals surface area contributed by atoms with Crippen LogP contribution in [0, 0.1) is 0 Å². The maximum absolute atomic E-state index is 12.4. The van der Waals surface area contributed by atoms with E-state index in [9.17, 15) is 4.79 Å². The van der Waals surface area contributed by atoms with Crippen molar-refractivity contribution in [2.45, 2.75) is 26.4 Å². The van der Waals surface area contributed by atoms with E-state index in [-0.39, 0.29) is 11.9 Å². The number of H-pyrrole nitrogens is 1. The number of aromatic amines is 1. The second-order valence-electron chi connectivity index (χ2n) is 5.47. The van der Waals surface area contributed by atoms with Crippen LogP contribution < -0.4 is 4.74 Å². The summed E-state index contributed by atoms with van der Waals surface area (Å²) in [4.78, 5) is 25.7. The van der Waals surface area contributed by atoms with Crippen LogP contribution in [0.15, 0.2) is 24.7 Å². The summed E-state index contributed by atoms with van der Waals surface area (Å²) < 4.78 is 5.81. The van der Waals surface area contributed by atoms with Gasteiger partial charge in [-0.25, -0.2) is 9.97 Å². The van der Waals surface area contributed by atoms with Gasteiger partial charge in [-0.3, -0.25) is 4.79 Å². The predicted octanol–water partition coefficient (Wildman–Crippen LogP) is 2.44. The minimum atomic E-state index is -0.0862. The fourth-order valence-corrected chi connectivity index (χ4v) is 1.95. The van der Waals surface area contributed by atoms with Crippen molar-refractivity contribution in [2.24, 2.45) is 0 Å². The minimum absolute atomic E-state index is 0.0280. The van der Waals surface area contributed by atoms with Crippen LogP contribution in [0.5, 0.6) is 5.88 Å². The van der Waals surface area contributed by atoms with Gasteiger partial charge in [0.05, 0.1) is 17.1 Å². The van der Waals surface area contributed by atoms with E-state index in [2.05, 4.69) is 15.0 Å². The Morgan fingerprint density at radius 2 is 2.23 bits per heavy atom.